The van der Waals surface area contributed by atoms with Gasteiger partial charge in [0.25, 0.3) is 0 Å². The first kappa shape index (κ1) is 24.6. The van der Waals surface area contributed by atoms with Gasteiger partial charge in [-0.25, -0.2) is 4.98 Å². The SMILES string of the molecule is [2H]c1c([2H])c([2H])c2c(c1[2H])c1ccccc1n2-c1ccccc1-c1nc(-c2ccccc2-n2c3ccccc3c3c([2H])c([2H])c([2H])c([2H])c32)nc(-n2c3ccccc3c3ccccc32)n1. The summed E-state index contributed by atoms with van der Waals surface area (Å²) in [5.41, 5.74) is 6.05. The quantitative estimate of drug-likeness (QED) is 0.177. The molecule has 266 valence electrons. The molecule has 0 unspecified atom stereocenters. The van der Waals surface area contributed by atoms with Crippen molar-refractivity contribution in [1.82, 2.24) is 28.7 Å². The molecule has 4 aromatic heterocycles. The van der Waals surface area contributed by atoms with Gasteiger partial charge in [-0.2, -0.15) is 9.97 Å². The van der Waals surface area contributed by atoms with E-state index in [4.69, 9.17) is 23.2 Å². The maximum absolute atomic E-state index is 9.21. The Morgan fingerprint density at radius 1 is 0.316 bits per heavy atom. The van der Waals surface area contributed by atoms with Crippen molar-refractivity contribution in [2.24, 2.45) is 0 Å². The Bertz CT molecular complexity index is 3770. The predicted molar refractivity (Wildman–Crippen MR) is 234 cm³/mol. The Labute approximate surface area is 338 Å². The average molecular weight is 737 g/mol. The highest BCUT2D eigenvalue weighted by Crippen LogP contribution is 2.39. The van der Waals surface area contributed by atoms with Gasteiger partial charge in [-0.05, 0) is 60.6 Å². The maximum atomic E-state index is 9.21. The van der Waals surface area contributed by atoms with Crippen molar-refractivity contribution in [2.45, 2.75) is 0 Å². The summed E-state index contributed by atoms with van der Waals surface area (Å²) in [5, 5.41) is 4.16. The van der Waals surface area contributed by atoms with Crippen LogP contribution >= 0.6 is 0 Å². The molecule has 6 nitrogen and oxygen atoms in total. The summed E-state index contributed by atoms with van der Waals surface area (Å²) in [6.45, 7) is 0. The van der Waals surface area contributed by atoms with Gasteiger partial charge in [0.15, 0.2) is 11.6 Å². The molecule has 0 N–H and O–H groups in total. The van der Waals surface area contributed by atoms with E-state index >= 15 is 0 Å². The summed E-state index contributed by atoms with van der Waals surface area (Å²) >= 11 is 0. The average Bonchev–Trinajstić information content (AvgIpc) is 4.00. The zero-order valence-electron chi connectivity index (χ0n) is 38.0. The van der Waals surface area contributed by atoms with E-state index in [9.17, 15) is 2.74 Å². The van der Waals surface area contributed by atoms with Gasteiger partial charge in [0.2, 0.25) is 5.95 Å². The second kappa shape index (κ2) is 12.3. The second-order valence-corrected chi connectivity index (χ2v) is 13.8. The van der Waals surface area contributed by atoms with Gasteiger partial charge >= 0.3 is 0 Å². The fourth-order valence-electron chi connectivity index (χ4n) is 8.40. The number of para-hydroxylation sites is 8. The lowest BCUT2D eigenvalue weighted by atomic mass is 10.1. The fourth-order valence-corrected chi connectivity index (χ4v) is 8.40. The van der Waals surface area contributed by atoms with Crippen molar-refractivity contribution < 1.29 is 11.0 Å². The number of benzene rings is 8. The van der Waals surface area contributed by atoms with Crippen LogP contribution in [0.1, 0.15) is 11.0 Å². The molecule has 57 heavy (non-hydrogen) atoms. The molecule has 6 heteroatoms. The predicted octanol–water partition coefficient (Wildman–Crippen LogP) is 12.5. The molecular weight excluding hydrogens is 697 g/mol. The third-order valence-electron chi connectivity index (χ3n) is 10.8. The molecule has 12 rings (SSSR count). The minimum atomic E-state index is -0.341. The molecule has 0 aliphatic carbocycles. The van der Waals surface area contributed by atoms with Crippen molar-refractivity contribution in [3.63, 3.8) is 0 Å². The Balaban J connectivity index is 1.20. The molecule has 0 saturated carbocycles. The van der Waals surface area contributed by atoms with E-state index in [2.05, 4.69) is 12.1 Å². The Kier molecular flexibility index (Phi) is 5.32. The van der Waals surface area contributed by atoms with Crippen LogP contribution in [-0.4, -0.2) is 28.7 Å². The van der Waals surface area contributed by atoms with Gasteiger partial charge in [0.05, 0.1) is 55.4 Å². The van der Waals surface area contributed by atoms with Crippen molar-refractivity contribution >= 4 is 65.4 Å². The van der Waals surface area contributed by atoms with Crippen LogP contribution in [0.2, 0.25) is 0 Å². The third-order valence-corrected chi connectivity index (χ3v) is 10.8. The van der Waals surface area contributed by atoms with Crippen LogP contribution in [-0.2, 0) is 0 Å². The lowest BCUT2D eigenvalue weighted by molar-refractivity contribution is 0.950. The molecule has 0 aliphatic rings. The number of nitrogens with zero attached hydrogens (tertiary/aromatic N) is 6. The van der Waals surface area contributed by atoms with Crippen molar-refractivity contribution in [3.05, 3.63) is 194 Å². The molecular formula is C51H32N6. The van der Waals surface area contributed by atoms with E-state index in [1.165, 1.54) is 0 Å². The summed E-state index contributed by atoms with van der Waals surface area (Å²) in [6, 6.07) is 44.3. The second-order valence-electron chi connectivity index (χ2n) is 13.8. The lowest BCUT2D eigenvalue weighted by Crippen LogP contribution is -2.09. The van der Waals surface area contributed by atoms with Gasteiger partial charge in [-0.15, -0.1) is 0 Å². The molecule has 0 amide bonds. The summed E-state index contributed by atoms with van der Waals surface area (Å²) in [6.07, 6.45) is 0. The molecule has 0 fully saturated rings. The normalized spacial score (nSPS) is 13.8. The first-order valence-electron chi connectivity index (χ1n) is 22.6. The molecule has 12 aromatic rings. The smallest absolute Gasteiger partial charge is 0.238 e. The highest BCUT2D eigenvalue weighted by molar-refractivity contribution is 6.11. The molecule has 0 bridgehead atoms. The van der Waals surface area contributed by atoms with Crippen LogP contribution in [0, 0.1) is 0 Å². The zero-order valence-corrected chi connectivity index (χ0v) is 30.0. The van der Waals surface area contributed by atoms with E-state index in [1.54, 1.807) is 0 Å². The van der Waals surface area contributed by atoms with Gasteiger partial charge < -0.3 is 9.13 Å². The van der Waals surface area contributed by atoms with Gasteiger partial charge in [-0.1, -0.05) is 133 Å². The summed E-state index contributed by atoms with van der Waals surface area (Å²) in [7, 11) is 0. The van der Waals surface area contributed by atoms with Gasteiger partial charge in [0, 0.05) is 43.4 Å². The van der Waals surface area contributed by atoms with E-state index in [0.717, 1.165) is 21.8 Å². The number of hydrogen-bond acceptors (Lipinski definition) is 3. The van der Waals surface area contributed by atoms with Crippen LogP contribution in [0.3, 0.4) is 0 Å². The third kappa shape index (κ3) is 4.68. The maximum Gasteiger partial charge on any atom is 0.238 e. The summed E-state index contributed by atoms with van der Waals surface area (Å²) in [4.78, 5) is 15.8. The standard InChI is InChI=1S/C51H32N6/c1-9-25-41-33(17-1)34-18-2-10-26-42(34)55(41)47-31-15-7-23-39(47)49-52-50(54-51(53-49)57-45-29-13-5-21-37(45)38-22-6-14-30-46(38)57)40-24-8-16-32-48(40)56-43-27-11-3-19-35(43)36-20-4-12-28-44(36)56/h1-32H/i1D,3D,9D,11D,17D,19D,25D,27D. The van der Waals surface area contributed by atoms with Crippen molar-refractivity contribution in [2.75, 3.05) is 0 Å². The van der Waals surface area contributed by atoms with Crippen LogP contribution in [0.15, 0.2) is 194 Å². The van der Waals surface area contributed by atoms with E-state index in [0.29, 0.717) is 72.1 Å². The first-order valence-corrected chi connectivity index (χ1v) is 18.6. The Morgan fingerprint density at radius 3 is 1.12 bits per heavy atom. The minimum Gasteiger partial charge on any atom is -0.309 e. The van der Waals surface area contributed by atoms with Crippen LogP contribution in [0.25, 0.3) is 106 Å². The summed E-state index contributed by atoms with van der Waals surface area (Å²) < 4.78 is 76.7. The minimum absolute atomic E-state index is 0.129. The largest absolute Gasteiger partial charge is 0.309 e. The van der Waals surface area contributed by atoms with E-state index in [1.807, 2.05) is 147 Å². The van der Waals surface area contributed by atoms with E-state index < -0.39 is 0 Å². The van der Waals surface area contributed by atoms with Crippen LogP contribution in [0.4, 0.5) is 0 Å². The summed E-state index contributed by atoms with van der Waals surface area (Å²) in [5.74, 6) is 0.890. The highest BCUT2D eigenvalue weighted by Gasteiger charge is 2.23. The number of hydrogen-bond donors (Lipinski definition) is 0. The molecule has 0 spiro atoms. The molecule has 0 atom stereocenters. The molecule has 8 aromatic carbocycles. The van der Waals surface area contributed by atoms with E-state index in [-0.39, 0.29) is 60.0 Å². The molecule has 4 heterocycles. The van der Waals surface area contributed by atoms with Gasteiger partial charge in [-0.3, -0.25) is 4.57 Å². The monoisotopic (exact) mass is 736 g/mol. The lowest BCUT2D eigenvalue weighted by Gasteiger charge is -2.17. The topological polar surface area (TPSA) is 53.5 Å². The van der Waals surface area contributed by atoms with Crippen LogP contribution in [0.5, 0.6) is 0 Å². The Hall–Kier alpha value is -7.83. The number of rotatable bonds is 5. The van der Waals surface area contributed by atoms with Gasteiger partial charge in [0.1, 0.15) is 0 Å². The Morgan fingerprint density at radius 2 is 0.667 bits per heavy atom. The van der Waals surface area contributed by atoms with Crippen molar-refractivity contribution in [3.8, 4) is 40.1 Å². The zero-order chi connectivity index (χ0) is 44.4. The number of aromatic nitrogens is 6. The number of fused-ring (bicyclic) bond motifs is 9. The fraction of sp³-hybridized carbons (Fsp3) is 0. The van der Waals surface area contributed by atoms with Crippen molar-refractivity contribution in [1.29, 1.82) is 0 Å². The molecule has 0 radical (unpaired) electrons. The first-order chi connectivity index (χ1) is 31.6. The highest BCUT2D eigenvalue weighted by atomic mass is 15.2. The van der Waals surface area contributed by atoms with Crippen LogP contribution < -0.4 is 0 Å². The molecule has 0 saturated heterocycles. The molecule has 0 aliphatic heterocycles.